The average Bonchev–Trinajstić information content (AvgIpc) is 2.88. The summed E-state index contributed by atoms with van der Waals surface area (Å²) in [5.74, 6) is 9.59. The lowest BCUT2D eigenvalue weighted by molar-refractivity contribution is 0.422. The third kappa shape index (κ3) is 3.35. The summed E-state index contributed by atoms with van der Waals surface area (Å²) in [4.78, 5) is 11.4. The van der Waals surface area contributed by atoms with Gasteiger partial charge in [-0.3, -0.25) is 0 Å². The Hall–Kier alpha value is -1.36. The van der Waals surface area contributed by atoms with E-state index < -0.39 is 0 Å². The summed E-state index contributed by atoms with van der Waals surface area (Å²) in [6.07, 6.45) is 3.18. The van der Waals surface area contributed by atoms with Crippen molar-refractivity contribution in [1.29, 1.82) is 0 Å². The predicted octanol–water partition coefficient (Wildman–Crippen LogP) is 2.20. The molecule has 1 saturated heterocycles. The van der Waals surface area contributed by atoms with Crippen LogP contribution in [0, 0.1) is 11.8 Å². The van der Waals surface area contributed by atoms with Gasteiger partial charge in [0.25, 0.3) is 0 Å². The molecule has 0 aromatic carbocycles. The lowest BCUT2D eigenvalue weighted by Gasteiger charge is -2.20. The Kier molecular flexibility index (Phi) is 4.58. The molecule has 106 valence electrons. The smallest absolute Gasteiger partial charge is 0.145 e. The van der Waals surface area contributed by atoms with Crippen LogP contribution in [0.5, 0.6) is 0 Å². The van der Waals surface area contributed by atoms with E-state index in [0.29, 0.717) is 5.82 Å². The van der Waals surface area contributed by atoms with Gasteiger partial charge in [0, 0.05) is 25.6 Å². The summed E-state index contributed by atoms with van der Waals surface area (Å²) in [5.41, 5.74) is 2.65. The Balaban J connectivity index is 2.17. The molecule has 0 radical (unpaired) electrons. The lowest BCUT2D eigenvalue weighted by atomic mass is 9.95. The molecule has 1 atom stereocenters. The molecule has 5 heteroatoms. The first-order valence-corrected chi connectivity index (χ1v) is 7.23. The van der Waals surface area contributed by atoms with Gasteiger partial charge < -0.3 is 10.3 Å². The first-order valence-electron chi connectivity index (χ1n) is 7.23. The van der Waals surface area contributed by atoms with E-state index in [1.807, 2.05) is 6.07 Å². The van der Waals surface area contributed by atoms with Crippen molar-refractivity contribution in [3.8, 4) is 0 Å². The first kappa shape index (κ1) is 14.1. The van der Waals surface area contributed by atoms with Crippen LogP contribution in [0.25, 0.3) is 0 Å². The topological polar surface area (TPSA) is 67.1 Å². The van der Waals surface area contributed by atoms with Crippen LogP contribution < -0.4 is 16.2 Å². The molecule has 1 aromatic heterocycles. The number of nitrogens with two attached hydrogens (primary N) is 1. The van der Waals surface area contributed by atoms with Crippen molar-refractivity contribution in [2.24, 2.45) is 17.7 Å². The number of aryl methyl sites for hydroxylation is 1. The van der Waals surface area contributed by atoms with E-state index in [4.69, 9.17) is 5.84 Å². The maximum absolute atomic E-state index is 5.50. The van der Waals surface area contributed by atoms with E-state index in [1.165, 1.54) is 6.42 Å². The Labute approximate surface area is 115 Å². The van der Waals surface area contributed by atoms with Gasteiger partial charge in [0.1, 0.15) is 17.5 Å². The number of nitrogens with one attached hydrogen (secondary N) is 1. The number of hydrogen-bond acceptors (Lipinski definition) is 5. The van der Waals surface area contributed by atoms with Crippen molar-refractivity contribution >= 4 is 11.6 Å². The molecule has 2 rings (SSSR count). The summed E-state index contributed by atoms with van der Waals surface area (Å²) in [7, 11) is 0. The van der Waals surface area contributed by atoms with Crippen molar-refractivity contribution in [2.75, 3.05) is 23.4 Å². The SMILES string of the molecule is CCCc1nc(NN)cc(N2CCC(C(C)C)C2)n1. The van der Waals surface area contributed by atoms with Crippen LogP contribution in [0.2, 0.25) is 0 Å². The van der Waals surface area contributed by atoms with Gasteiger partial charge in [-0.05, 0) is 24.7 Å². The molecular weight excluding hydrogens is 238 g/mol. The number of nitrogen functional groups attached to an aromatic ring is 1. The highest BCUT2D eigenvalue weighted by Gasteiger charge is 2.26. The molecule has 1 unspecified atom stereocenters. The molecule has 0 saturated carbocycles. The number of aromatic nitrogens is 2. The van der Waals surface area contributed by atoms with Gasteiger partial charge in [-0.15, -0.1) is 0 Å². The molecule has 0 spiro atoms. The second-order valence-corrected chi connectivity index (χ2v) is 5.66. The van der Waals surface area contributed by atoms with Crippen LogP contribution in [0.4, 0.5) is 11.6 Å². The molecule has 0 aliphatic carbocycles. The minimum Gasteiger partial charge on any atom is -0.356 e. The molecule has 0 bridgehead atoms. The molecule has 0 amide bonds. The van der Waals surface area contributed by atoms with Gasteiger partial charge in [0.2, 0.25) is 0 Å². The van der Waals surface area contributed by atoms with Gasteiger partial charge in [-0.2, -0.15) is 0 Å². The van der Waals surface area contributed by atoms with Crippen molar-refractivity contribution < 1.29 is 0 Å². The number of rotatable bonds is 5. The van der Waals surface area contributed by atoms with Gasteiger partial charge in [0.15, 0.2) is 0 Å². The maximum Gasteiger partial charge on any atom is 0.145 e. The Morgan fingerprint density at radius 1 is 1.47 bits per heavy atom. The Morgan fingerprint density at radius 2 is 2.26 bits per heavy atom. The number of hydrogen-bond donors (Lipinski definition) is 2. The van der Waals surface area contributed by atoms with Crippen LogP contribution >= 0.6 is 0 Å². The Bertz CT molecular complexity index is 418. The van der Waals surface area contributed by atoms with Crippen molar-refractivity contribution in [1.82, 2.24) is 9.97 Å². The predicted molar refractivity (Wildman–Crippen MR) is 79.0 cm³/mol. The first-order chi connectivity index (χ1) is 9.13. The fourth-order valence-electron chi connectivity index (χ4n) is 2.59. The number of nitrogens with zero attached hydrogens (tertiary/aromatic N) is 3. The maximum atomic E-state index is 5.50. The molecule has 1 aliphatic heterocycles. The Morgan fingerprint density at radius 3 is 2.84 bits per heavy atom. The zero-order valence-electron chi connectivity index (χ0n) is 12.2. The third-order valence-electron chi connectivity index (χ3n) is 3.87. The van der Waals surface area contributed by atoms with E-state index in [2.05, 4.69) is 41.1 Å². The van der Waals surface area contributed by atoms with Crippen LogP contribution in [-0.4, -0.2) is 23.1 Å². The third-order valence-corrected chi connectivity index (χ3v) is 3.87. The van der Waals surface area contributed by atoms with Crippen molar-refractivity contribution in [3.63, 3.8) is 0 Å². The van der Waals surface area contributed by atoms with E-state index in [-0.39, 0.29) is 0 Å². The molecule has 5 nitrogen and oxygen atoms in total. The minimum atomic E-state index is 0.710. The van der Waals surface area contributed by atoms with Crippen LogP contribution in [0.1, 0.15) is 39.4 Å². The summed E-state index contributed by atoms with van der Waals surface area (Å²) >= 11 is 0. The highest BCUT2D eigenvalue weighted by atomic mass is 15.3. The molecule has 1 fully saturated rings. The highest BCUT2D eigenvalue weighted by molar-refractivity contribution is 5.49. The fourth-order valence-corrected chi connectivity index (χ4v) is 2.59. The van der Waals surface area contributed by atoms with Crippen LogP contribution in [0.3, 0.4) is 0 Å². The van der Waals surface area contributed by atoms with Crippen LogP contribution in [0.15, 0.2) is 6.07 Å². The standard InChI is InChI=1S/C14H25N5/c1-4-5-12-16-13(18-15)8-14(17-12)19-7-6-11(9-19)10(2)3/h8,10-11H,4-7,9,15H2,1-3H3,(H,16,17,18). The zero-order chi connectivity index (χ0) is 13.8. The van der Waals surface area contributed by atoms with Gasteiger partial charge in [-0.25, -0.2) is 15.8 Å². The molecule has 2 heterocycles. The molecule has 1 aliphatic rings. The zero-order valence-corrected chi connectivity index (χ0v) is 12.2. The van der Waals surface area contributed by atoms with Gasteiger partial charge >= 0.3 is 0 Å². The summed E-state index contributed by atoms with van der Waals surface area (Å²) in [6.45, 7) is 8.89. The molecular formula is C14H25N5. The largest absolute Gasteiger partial charge is 0.356 e. The van der Waals surface area contributed by atoms with E-state index in [0.717, 1.165) is 49.4 Å². The van der Waals surface area contributed by atoms with Gasteiger partial charge in [-0.1, -0.05) is 20.8 Å². The summed E-state index contributed by atoms with van der Waals surface area (Å²) in [5, 5.41) is 0. The quantitative estimate of drug-likeness (QED) is 0.629. The molecule has 19 heavy (non-hydrogen) atoms. The van der Waals surface area contributed by atoms with Crippen molar-refractivity contribution in [3.05, 3.63) is 11.9 Å². The monoisotopic (exact) mass is 263 g/mol. The average molecular weight is 263 g/mol. The molecule has 3 N–H and O–H groups in total. The van der Waals surface area contributed by atoms with Crippen molar-refractivity contribution in [2.45, 2.75) is 40.0 Å². The van der Waals surface area contributed by atoms with Gasteiger partial charge in [0.05, 0.1) is 0 Å². The number of hydrazine groups is 1. The number of anilines is 2. The van der Waals surface area contributed by atoms with Crippen LogP contribution in [-0.2, 0) is 6.42 Å². The molecule has 1 aromatic rings. The summed E-state index contributed by atoms with van der Waals surface area (Å²) in [6, 6.07) is 1.95. The lowest BCUT2D eigenvalue weighted by Crippen LogP contribution is -2.23. The van der Waals surface area contributed by atoms with E-state index in [1.54, 1.807) is 0 Å². The van der Waals surface area contributed by atoms with E-state index in [9.17, 15) is 0 Å². The highest BCUT2D eigenvalue weighted by Crippen LogP contribution is 2.28. The normalized spacial score (nSPS) is 19.2. The minimum absolute atomic E-state index is 0.710. The second-order valence-electron chi connectivity index (χ2n) is 5.66. The second kappa shape index (κ2) is 6.19. The summed E-state index contributed by atoms with van der Waals surface area (Å²) < 4.78 is 0. The van der Waals surface area contributed by atoms with E-state index >= 15 is 0 Å². The fraction of sp³-hybridized carbons (Fsp3) is 0.714.